The van der Waals surface area contributed by atoms with Crippen LogP contribution in [0.1, 0.15) is 12.8 Å². The molecule has 0 aromatic heterocycles. The first-order valence-electron chi connectivity index (χ1n) is 3.26. The fourth-order valence-corrected chi connectivity index (χ4v) is 1.48. The van der Waals surface area contributed by atoms with Gasteiger partial charge in [-0.05, 0) is 0 Å². The van der Waals surface area contributed by atoms with Gasteiger partial charge in [0.15, 0.2) is 0 Å². The van der Waals surface area contributed by atoms with Gasteiger partial charge in [-0.15, -0.1) is 0 Å². The topological polar surface area (TPSA) is 141 Å². The molecule has 0 aliphatic heterocycles. The highest BCUT2D eigenvalue weighted by Gasteiger charge is 2.26. The summed E-state index contributed by atoms with van der Waals surface area (Å²) < 4.78 is 29.6. The molecular formula is C5H10N2O5S. The van der Waals surface area contributed by atoms with Crippen molar-refractivity contribution in [1.29, 1.82) is 0 Å². The highest BCUT2D eigenvalue weighted by atomic mass is 32.2. The smallest absolute Gasteiger partial charge is 0.268 e. The van der Waals surface area contributed by atoms with Gasteiger partial charge in [0.25, 0.3) is 10.1 Å². The molecule has 8 heteroatoms. The van der Waals surface area contributed by atoms with Gasteiger partial charge in [0, 0.05) is 12.8 Å². The van der Waals surface area contributed by atoms with Gasteiger partial charge in [0.2, 0.25) is 11.8 Å². The number of hydrogen-bond acceptors (Lipinski definition) is 4. The third kappa shape index (κ3) is 5.15. The number of rotatable bonds is 5. The SMILES string of the molecule is NC(=O)CC(CC(N)=O)S(=O)(=O)O. The van der Waals surface area contributed by atoms with Crippen molar-refractivity contribution in [3.05, 3.63) is 0 Å². The summed E-state index contributed by atoms with van der Waals surface area (Å²) in [6, 6.07) is 0. The molecule has 2 amide bonds. The Labute approximate surface area is 74.8 Å². The minimum atomic E-state index is -4.46. The van der Waals surface area contributed by atoms with Crippen LogP contribution >= 0.6 is 0 Å². The van der Waals surface area contributed by atoms with Crippen molar-refractivity contribution in [1.82, 2.24) is 0 Å². The molecule has 0 heterocycles. The van der Waals surface area contributed by atoms with E-state index in [1.54, 1.807) is 0 Å². The molecule has 0 radical (unpaired) electrons. The Hall–Kier alpha value is -1.15. The van der Waals surface area contributed by atoms with Crippen LogP contribution in [0.4, 0.5) is 0 Å². The molecule has 0 atom stereocenters. The summed E-state index contributed by atoms with van der Waals surface area (Å²) in [7, 11) is -4.46. The van der Waals surface area contributed by atoms with Gasteiger partial charge in [-0.25, -0.2) is 0 Å². The number of carbonyl (C=O) groups excluding carboxylic acids is 2. The van der Waals surface area contributed by atoms with Gasteiger partial charge in [0.05, 0.1) is 0 Å². The molecule has 0 unspecified atom stereocenters. The molecule has 13 heavy (non-hydrogen) atoms. The minimum absolute atomic E-state index is 0.623. The number of amides is 2. The van der Waals surface area contributed by atoms with Crippen LogP contribution in [-0.2, 0) is 19.7 Å². The maximum atomic E-state index is 10.5. The zero-order valence-corrected chi connectivity index (χ0v) is 7.45. The zero-order chi connectivity index (χ0) is 10.6. The van der Waals surface area contributed by atoms with Gasteiger partial charge in [-0.3, -0.25) is 14.1 Å². The first-order chi connectivity index (χ1) is 5.73. The highest BCUT2D eigenvalue weighted by molar-refractivity contribution is 7.86. The number of nitrogens with two attached hydrogens (primary N) is 2. The maximum absolute atomic E-state index is 10.5. The van der Waals surface area contributed by atoms with Crippen molar-refractivity contribution in [2.24, 2.45) is 11.5 Å². The van der Waals surface area contributed by atoms with Gasteiger partial charge in [-0.1, -0.05) is 0 Å². The Bertz CT molecular complexity index is 293. The molecule has 0 saturated carbocycles. The molecule has 76 valence electrons. The quantitative estimate of drug-likeness (QED) is 0.450. The molecule has 0 aliphatic carbocycles. The van der Waals surface area contributed by atoms with Crippen LogP contribution in [0, 0.1) is 0 Å². The predicted octanol–water partition coefficient (Wildman–Crippen LogP) is -2.01. The summed E-state index contributed by atoms with van der Waals surface area (Å²) in [6.07, 6.45) is -1.25. The maximum Gasteiger partial charge on any atom is 0.268 e. The Morgan fingerprint density at radius 3 is 1.62 bits per heavy atom. The lowest BCUT2D eigenvalue weighted by Gasteiger charge is -2.08. The molecule has 0 rings (SSSR count). The molecule has 0 aliphatic rings. The van der Waals surface area contributed by atoms with Crippen molar-refractivity contribution in [2.75, 3.05) is 0 Å². The van der Waals surface area contributed by atoms with Gasteiger partial charge >= 0.3 is 0 Å². The van der Waals surface area contributed by atoms with E-state index in [-0.39, 0.29) is 0 Å². The second-order valence-electron chi connectivity index (χ2n) is 2.48. The lowest BCUT2D eigenvalue weighted by atomic mass is 10.2. The van der Waals surface area contributed by atoms with E-state index in [9.17, 15) is 18.0 Å². The molecule has 0 fully saturated rings. The minimum Gasteiger partial charge on any atom is -0.370 e. The summed E-state index contributed by atoms with van der Waals surface area (Å²) in [5.74, 6) is -1.85. The van der Waals surface area contributed by atoms with E-state index in [1.165, 1.54) is 0 Å². The lowest BCUT2D eigenvalue weighted by Crippen LogP contribution is -2.31. The molecule has 5 N–H and O–H groups in total. The van der Waals surface area contributed by atoms with Gasteiger partial charge in [0.1, 0.15) is 5.25 Å². The van der Waals surface area contributed by atoms with E-state index in [2.05, 4.69) is 0 Å². The third-order valence-electron chi connectivity index (χ3n) is 1.28. The fourth-order valence-electron chi connectivity index (χ4n) is 0.732. The largest absolute Gasteiger partial charge is 0.370 e. The van der Waals surface area contributed by atoms with Crippen LogP contribution in [0.2, 0.25) is 0 Å². The summed E-state index contributed by atoms with van der Waals surface area (Å²) in [5.41, 5.74) is 9.40. The molecular weight excluding hydrogens is 200 g/mol. The molecule has 0 aromatic rings. The van der Waals surface area contributed by atoms with E-state index in [0.717, 1.165) is 0 Å². The molecule has 7 nitrogen and oxygen atoms in total. The first kappa shape index (κ1) is 11.8. The molecule has 0 saturated heterocycles. The number of carbonyl (C=O) groups is 2. The van der Waals surface area contributed by atoms with Crippen molar-refractivity contribution >= 4 is 21.9 Å². The third-order valence-corrected chi connectivity index (χ3v) is 2.45. The zero-order valence-electron chi connectivity index (χ0n) is 6.63. The lowest BCUT2D eigenvalue weighted by molar-refractivity contribution is -0.119. The highest BCUT2D eigenvalue weighted by Crippen LogP contribution is 2.07. The fraction of sp³-hybridized carbons (Fsp3) is 0.600. The Morgan fingerprint density at radius 1 is 1.15 bits per heavy atom. The Kier molecular flexibility index (Phi) is 3.82. The van der Waals surface area contributed by atoms with Crippen molar-refractivity contribution in [3.8, 4) is 0 Å². The summed E-state index contributed by atoms with van der Waals surface area (Å²) in [4.78, 5) is 20.7. The second kappa shape index (κ2) is 4.19. The van der Waals surface area contributed by atoms with E-state index in [1.807, 2.05) is 0 Å². The number of primary amides is 2. The summed E-state index contributed by atoms with van der Waals surface area (Å²) in [6.45, 7) is 0. The normalized spacial score (nSPS) is 11.5. The first-order valence-corrected chi connectivity index (χ1v) is 4.76. The Balaban J connectivity index is 4.57. The van der Waals surface area contributed by atoms with Crippen LogP contribution in [0.15, 0.2) is 0 Å². The summed E-state index contributed by atoms with van der Waals surface area (Å²) in [5, 5.41) is -1.54. The average Bonchev–Trinajstić information content (AvgIpc) is 1.81. The van der Waals surface area contributed by atoms with E-state index >= 15 is 0 Å². The van der Waals surface area contributed by atoms with Crippen LogP contribution in [0.5, 0.6) is 0 Å². The van der Waals surface area contributed by atoms with Crippen LogP contribution in [0.3, 0.4) is 0 Å². The molecule has 0 aromatic carbocycles. The van der Waals surface area contributed by atoms with Crippen molar-refractivity contribution in [2.45, 2.75) is 18.1 Å². The van der Waals surface area contributed by atoms with Crippen molar-refractivity contribution < 1.29 is 22.6 Å². The van der Waals surface area contributed by atoms with Crippen LogP contribution in [-0.4, -0.2) is 30.0 Å². The molecule has 0 bridgehead atoms. The summed E-state index contributed by atoms with van der Waals surface area (Å²) >= 11 is 0. The van der Waals surface area contributed by atoms with Gasteiger partial charge in [-0.2, -0.15) is 8.42 Å². The standard InChI is InChI=1S/C5H10N2O5S/c6-4(8)1-3(2-5(7)9)13(10,11)12/h3H,1-2H2,(H2,6,8)(H2,7,9)(H,10,11,12). The van der Waals surface area contributed by atoms with Crippen molar-refractivity contribution in [3.63, 3.8) is 0 Å². The number of hydrogen-bond donors (Lipinski definition) is 3. The molecule has 0 spiro atoms. The second-order valence-corrected chi connectivity index (χ2v) is 4.17. The van der Waals surface area contributed by atoms with E-state index in [4.69, 9.17) is 16.0 Å². The van der Waals surface area contributed by atoms with Crippen LogP contribution in [0.25, 0.3) is 0 Å². The average molecular weight is 210 g/mol. The van der Waals surface area contributed by atoms with E-state index < -0.39 is 40.0 Å². The van der Waals surface area contributed by atoms with Gasteiger partial charge < -0.3 is 11.5 Å². The van der Waals surface area contributed by atoms with E-state index in [0.29, 0.717) is 0 Å². The van der Waals surface area contributed by atoms with Crippen LogP contribution < -0.4 is 11.5 Å². The predicted molar refractivity (Wildman–Crippen MR) is 43.0 cm³/mol. The monoisotopic (exact) mass is 210 g/mol. The Morgan fingerprint density at radius 2 is 1.46 bits per heavy atom.